The van der Waals surface area contributed by atoms with E-state index in [1.807, 2.05) is 24.8 Å². The van der Waals surface area contributed by atoms with E-state index >= 15 is 0 Å². The Balaban J connectivity index is 1.63. The van der Waals surface area contributed by atoms with Gasteiger partial charge in [0.15, 0.2) is 0 Å². The number of aromatic amines is 1. The minimum absolute atomic E-state index is 0.0116. The molecular weight excluding hydrogens is 302 g/mol. The average Bonchev–Trinajstić information content (AvgIpc) is 3.04. The van der Waals surface area contributed by atoms with E-state index in [2.05, 4.69) is 10.3 Å². The molecule has 2 heterocycles. The Morgan fingerprint density at radius 3 is 2.67 bits per heavy atom. The Bertz CT molecular complexity index is 647. The molecule has 1 aromatic heterocycles. The minimum Gasteiger partial charge on any atom is -0.334 e. The fourth-order valence-corrected chi connectivity index (χ4v) is 4.42. The molecule has 0 spiro atoms. The van der Waals surface area contributed by atoms with Crippen molar-refractivity contribution in [1.29, 1.82) is 0 Å². The number of rotatable bonds is 3. The molecule has 5 heteroatoms. The number of carbonyl (C=O) groups excluding carboxylic acids is 1. The fourth-order valence-electron chi connectivity index (χ4n) is 4.42. The Morgan fingerprint density at radius 2 is 1.96 bits per heavy atom. The van der Waals surface area contributed by atoms with Crippen molar-refractivity contribution in [2.45, 2.75) is 71.4 Å². The van der Waals surface area contributed by atoms with Crippen LogP contribution in [0, 0.1) is 19.8 Å². The van der Waals surface area contributed by atoms with Crippen molar-refractivity contribution in [2.75, 3.05) is 6.54 Å². The normalized spacial score (nSPS) is 21.9. The molecule has 24 heavy (non-hydrogen) atoms. The lowest BCUT2D eigenvalue weighted by atomic mass is 9.83. The zero-order valence-corrected chi connectivity index (χ0v) is 14.9. The van der Waals surface area contributed by atoms with Crippen molar-refractivity contribution in [3.05, 3.63) is 33.2 Å². The van der Waals surface area contributed by atoms with Crippen molar-refractivity contribution in [2.24, 2.45) is 5.92 Å². The summed E-state index contributed by atoms with van der Waals surface area (Å²) in [6.07, 6.45) is 8.67. The van der Waals surface area contributed by atoms with Crippen LogP contribution in [-0.4, -0.2) is 28.5 Å². The van der Waals surface area contributed by atoms with Crippen LogP contribution in [0.1, 0.15) is 61.8 Å². The highest BCUT2D eigenvalue weighted by Crippen LogP contribution is 2.34. The zero-order chi connectivity index (χ0) is 17.1. The lowest BCUT2D eigenvalue weighted by molar-refractivity contribution is 0.156. The Morgan fingerprint density at radius 1 is 1.21 bits per heavy atom. The standard InChI is InChI=1S/C19H29N3O2/c1-13-11-14(2)21-18(23)16(13)12-20-19(24)22-10-6-9-17(22)15-7-4-3-5-8-15/h11,15,17H,3-10,12H2,1-2H3,(H,20,24)(H,21,23)/t17-/m0/s1. The molecule has 0 aromatic carbocycles. The second-order valence-corrected chi connectivity index (χ2v) is 7.40. The van der Waals surface area contributed by atoms with Crippen LogP contribution in [0.3, 0.4) is 0 Å². The molecule has 1 saturated heterocycles. The summed E-state index contributed by atoms with van der Waals surface area (Å²) in [5, 5.41) is 2.98. The molecule has 1 atom stereocenters. The first-order chi connectivity index (χ1) is 11.6. The summed E-state index contributed by atoms with van der Waals surface area (Å²) < 4.78 is 0. The molecule has 1 aliphatic heterocycles. The molecule has 5 nitrogen and oxygen atoms in total. The predicted octanol–water partition coefficient (Wildman–Crippen LogP) is 3.25. The van der Waals surface area contributed by atoms with Gasteiger partial charge in [0.2, 0.25) is 0 Å². The molecule has 0 radical (unpaired) electrons. The molecule has 1 saturated carbocycles. The third-order valence-corrected chi connectivity index (χ3v) is 5.66. The number of pyridine rings is 1. The lowest BCUT2D eigenvalue weighted by Gasteiger charge is -2.34. The number of hydrogen-bond donors (Lipinski definition) is 2. The zero-order valence-electron chi connectivity index (χ0n) is 14.9. The van der Waals surface area contributed by atoms with E-state index in [1.165, 1.54) is 32.1 Å². The maximum Gasteiger partial charge on any atom is 0.317 e. The number of amides is 2. The van der Waals surface area contributed by atoms with Gasteiger partial charge in [0.1, 0.15) is 0 Å². The van der Waals surface area contributed by atoms with Gasteiger partial charge in [-0.15, -0.1) is 0 Å². The molecule has 2 N–H and O–H groups in total. The first-order valence-electron chi connectivity index (χ1n) is 9.30. The average molecular weight is 331 g/mol. The lowest BCUT2D eigenvalue weighted by Crippen LogP contribution is -2.46. The number of nitrogens with zero attached hydrogens (tertiary/aromatic N) is 1. The molecule has 2 fully saturated rings. The highest BCUT2D eigenvalue weighted by molar-refractivity contribution is 5.75. The summed E-state index contributed by atoms with van der Waals surface area (Å²) in [6, 6.07) is 2.33. The molecule has 1 aliphatic carbocycles. The molecule has 0 bridgehead atoms. The van der Waals surface area contributed by atoms with Gasteiger partial charge >= 0.3 is 6.03 Å². The van der Waals surface area contributed by atoms with Crippen molar-refractivity contribution in [1.82, 2.24) is 15.2 Å². The second kappa shape index (κ2) is 7.41. The van der Waals surface area contributed by atoms with E-state index in [1.54, 1.807) is 0 Å². The Kier molecular flexibility index (Phi) is 5.27. The van der Waals surface area contributed by atoms with Crippen LogP contribution in [0.4, 0.5) is 4.79 Å². The van der Waals surface area contributed by atoms with Gasteiger partial charge in [-0.05, 0) is 57.1 Å². The predicted molar refractivity (Wildman–Crippen MR) is 95.1 cm³/mol. The number of carbonyl (C=O) groups is 1. The van der Waals surface area contributed by atoms with E-state index in [4.69, 9.17) is 0 Å². The minimum atomic E-state index is -0.0990. The van der Waals surface area contributed by atoms with E-state index in [-0.39, 0.29) is 11.6 Å². The highest BCUT2D eigenvalue weighted by atomic mass is 16.2. The molecule has 132 valence electrons. The fraction of sp³-hybridized carbons (Fsp3) is 0.684. The van der Waals surface area contributed by atoms with Gasteiger partial charge in [-0.3, -0.25) is 4.79 Å². The summed E-state index contributed by atoms with van der Waals surface area (Å²) >= 11 is 0. The Hall–Kier alpha value is -1.78. The summed E-state index contributed by atoms with van der Waals surface area (Å²) in [7, 11) is 0. The molecule has 1 aromatic rings. The first-order valence-corrected chi connectivity index (χ1v) is 9.30. The smallest absolute Gasteiger partial charge is 0.317 e. The van der Waals surface area contributed by atoms with E-state index < -0.39 is 0 Å². The van der Waals surface area contributed by atoms with E-state index in [0.717, 1.165) is 30.6 Å². The van der Waals surface area contributed by atoms with Crippen LogP contribution in [-0.2, 0) is 6.54 Å². The number of hydrogen-bond acceptors (Lipinski definition) is 2. The van der Waals surface area contributed by atoms with Crippen molar-refractivity contribution >= 4 is 6.03 Å². The number of H-pyrrole nitrogens is 1. The number of aromatic nitrogens is 1. The topological polar surface area (TPSA) is 65.2 Å². The number of aryl methyl sites for hydroxylation is 2. The maximum absolute atomic E-state index is 12.7. The molecule has 2 aliphatic rings. The van der Waals surface area contributed by atoms with Crippen LogP contribution in [0.15, 0.2) is 10.9 Å². The third kappa shape index (κ3) is 3.65. The Labute approximate surface area is 143 Å². The number of nitrogens with one attached hydrogen (secondary N) is 2. The van der Waals surface area contributed by atoms with Gasteiger partial charge in [-0.2, -0.15) is 0 Å². The third-order valence-electron chi connectivity index (χ3n) is 5.66. The van der Waals surface area contributed by atoms with E-state index in [0.29, 0.717) is 24.1 Å². The molecular formula is C19H29N3O2. The highest BCUT2D eigenvalue weighted by Gasteiger charge is 2.35. The quantitative estimate of drug-likeness (QED) is 0.893. The summed E-state index contributed by atoms with van der Waals surface area (Å²) in [4.78, 5) is 29.6. The maximum atomic E-state index is 12.7. The van der Waals surface area contributed by atoms with E-state index in [9.17, 15) is 9.59 Å². The van der Waals surface area contributed by atoms with Crippen molar-refractivity contribution in [3.63, 3.8) is 0 Å². The monoisotopic (exact) mass is 331 g/mol. The molecule has 0 unspecified atom stereocenters. The van der Waals surface area contributed by atoms with Crippen molar-refractivity contribution in [3.8, 4) is 0 Å². The van der Waals surface area contributed by atoms with Gasteiger partial charge in [0, 0.05) is 23.8 Å². The van der Waals surface area contributed by atoms with Crippen LogP contribution in [0.5, 0.6) is 0 Å². The molecule has 3 rings (SSSR count). The van der Waals surface area contributed by atoms with Gasteiger partial charge in [0.25, 0.3) is 5.56 Å². The van der Waals surface area contributed by atoms with Gasteiger partial charge in [-0.1, -0.05) is 19.3 Å². The van der Waals surface area contributed by atoms with Crippen LogP contribution < -0.4 is 10.9 Å². The van der Waals surface area contributed by atoms with Gasteiger partial charge < -0.3 is 15.2 Å². The van der Waals surface area contributed by atoms with Crippen LogP contribution in [0.25, 0.3) is 0 Å². The van der Waals surface area contributed by atoms with Gasteiger partial charge in [-0.25, -0.2) is 4.79 Å². The van der Waals surface area contributed by atoms with Crippen LogP contribution >= 0.6 is 0 Å². The number of urea groups is 1. The van der Waals surface area contributed by atoms with Gasteiger partial charge in [0.05, 0.1) is 6.54 Å². The largest absolute Gasteiger partial charge is 0.334 e. The summed E-state index contributed by atoms with van der Waals surface area (Å²) in [5.41, 5.74) is 2.34. The number of likely N-dealkylation sites (tertiary alicyclic amines) is 1. The molecule has 2 amide bonds. The van der Waals surface area contributed by atoms with Crippen molar-refractivity contribution < 1.29 is 4.79 Å². The SMILES string of the molecule is Cc1cc(C)c(CNC(=O)N2CCC[C@H]2C2CCCCC2)c(=O)[nH]1. The summed E-state index contributed by atoms with van der Waals surface area (Å²) in [6.45, 7) is 4.94. The second-order valence-electron chi connectivity index (χ2n) is 7.40. The summed E-state index contributed by atoms with van der Waals surface area (Å²) in [5.74, 6) is 0.663. The first kappa shape index (κ1) is 17.1. The van der Waals surface area contributed by atoms with Crippen LogP contribution in [0.2, 0.25) is 0 Å².